The van der Waals surface area contributed by atoms with Gasteiger partial charge in [-0.2, -0.15) is 5.26 Å². The Labute approximate surface area is 199 Å². The normalized spacial score (nSPS) is 19.2. The maximum Gasteiger partial charge on any atom is 0.411 e. The first-order valence-corrected chi connectivity index (χ1v) is 11.5. The third-order valence-electron chi connectivity index (χ3n) is 6.57. The molecule has 0 bridgehead atoms. The van der Waals surface area contributed by atoms with E-state index in [2.05, 4.69) is 11.1 Å². The second-order valence-electron chi connectivity index (χ2n) is 9.58. The minimum absolute atomic E-state index is 0.146. The predicted molar refractivity (Wildman–Crippen MR) is 131 cm³/mol. The Balaban J connectivity index is 1.55. The zero-order chi connectivity index (χ0) is 24.3. The van der Waals surface area contributed by atoms with Crippen LogP contribution in [0.15, 0.2) is 77.7 Å². The summed E-state index contributed by atoms with van der Waals surface area (Å²) in [5.41, 5.74) is 2.05. The molecule has 174 valence electrons. The van der Waals surface area contributed by atoms with Crippen LogP contribution in [0.5, 0.6) is 0 Å². The summed E-state index contributed by atoms with van der Waals surface area (Å²) in [6, 6.07) is 23.2. The number of ether oxygens (including phenoxy) is 1. The molecule has 0 aliphatic carbocycles. The first-order valence-electron chi connectivity index (χ1n) is 11.5. The molecule has 6 nitrogen and oxygen atoms in total. The molecule has 0 radical (unpaired) electrons. The number of aromatic amines is 1. The van der Waals surface area contributed by atoms with Crippen LogP contribution in [0.25, 0.3) is 11.1 Å². The number of nitrogens with zero attached hydrogens (tertiary/aromatic N) is 2. The highest BCUT2D eigenvalue weighted by Gasteiger charge is 2.46. The lowest BCUT2D eigenvalue weighted by Crippen LogP contribution is -2.50. The van der Waals surface area contributed by atoms with E-state index in [1.807, 2.05) is 81.4 Å². The number of aromatic nitrogens is 1. The van der Waals surface area contributed by atoms with Crippen molar-refractivity contribution in [2.24, 2.45) is 5.41 Å². The number of rotatable bonds is 6. The summed E-state index contributed by atoms with van der Waals surface area (Å²) < 4.78 is 6.16. The van der Waals surface area contributed by atoms with Crippen molar-refractivity contribution >= 4 is 6.09 Å². The lowest BCUT2D eigenvalue weighted by Gasteiger charge is -2.45. The van der Waals surface area contributed by atoms with E-state index in [1.54, 1.807) is 17.2 Å². The number of hydrogen-bond acceptors (Lipinski definition) is 4. The maximum absolute atomic E-state index is 13.3. The summed E-state index contributed by atoms with van der Waals surface area (Å²) in [5.74, 6) is 0. The van der Waals surface area contributed by atoms with Crippen LogP contribution in [-0.4, -0.2) is 22.5 Å². The minimum Gasteiger partial charge on any atom is -0.438 e. The van der Waals surface area contributed by atoms with Crippen LogP contribution in [0, 0.1) is 16.7 Å². The molecule has 1 aliphatic heterocycles. The molecule has 0 spiro atoms. The van der Waals surface area contributed by atoms with Crippen molar-refractivity contribution in [1.29, 1.82) is 5.26 Å². The van der Waals surface area contributed by atoms with Crippen molar-refractivity contribution in [3.63, 3.8) is 0 Å². The molecule has 3 aromatic rings. The van der Waals surface area contributed by atoms with Gasteiger partial charge in [0.2, 0.25) is 5.56 Å². The van der Waals surface area contributed by atoms with Crippen LogP contribution in [0.3, 0.4) is 0 Å². The van der Waals surface area contributed by atoms with Gasteiger partial charge >= 0.3 is 6.09 Å². The average molecular weight is 456 g/mol. The quantitative estimate of drug-likeness (QED) is 0.510. The van der Waals surface area contributed by atoms with E-state index >= 15 is 0 Å². The molecular weight excluding hydrogens is 426 g/mol. The summed E-state index contributed by atoms with van der Waals surface area (Å²) in [4.78, 5) is 29.3. The third-order valence-corrected chi connectivity index (χ3v) is 6.57. The minimum atomic E-state index is -0.835. The van der Waals surface area contributed by atoms with E-state index in [1.165, 1.54) is 0 Å². The topological polar surface area (TPSA) is 86.2 Å². The van der Waals surface area contributed by atoms with Gasteiger partial charge in [-0.3, -0.25) is 4.79 Å². The molecule has 2 heterocycles. The molecule has 1 fully saturated rings. The molecule has 1 saturated heterocycles. The monoisotopic (exact) mass is 455 g/mol. The van der Waals surface area contributed by atoms with Crippen LogP contribution in [0.4, 0.5) is 4.79 Å². The van der Waals surface area contributed by atoms with Gasteiger partial charge < -0.3 is 14.6 Å². The molecule has 34 heavy (non-hydrogen) atoms. The number of benzene rings is 2. The Morgan fingerprint density at radius 2 is 1.79 bits per heavy atom. The SMILES string of the molecule is C[C@@H](c1ccc(-c2cc[nH]c(=O)c2)cc1)N1CCC(CC(C)(C)C#N)(c2ccccc2)OC1=O. The van der Waals surface area contributed by atoms with Crippen LogP contribution in [0.1, 0.15) is 50.8 Å². The molecule has 1 N–H and O–H groups in total. The fraction of sp³-hybridized carbons (Fsp3) is 0.321. The van der Waals surface area contributed by atoms with Crippen LogP contribution >= 0.6 is 0 Å². The summed E-state index contributed by atoms with van der Waals surface area (Å²) >= 11 is 0. The van der Waals surface area contributed by atoms with E-state index in [9.17, 15) is 14.9 Å². The van der Waals surface area contributed by atoms with Gasteiger partial charge in [0.05, 0.1) is 17.5 Å². The summed E-state index contributed by atoms with van der Waals surface area (Å²) in [6.07, 6.45) is 2.28. The summed E-state index contributed by atoms with van der Waals surface area (Å²) in [6.45, 7) is 6.26. The molecule has 4 rings (SSSR count). The standard InChI is InChI=1S/C28H29N3O3/c1-20(21-9-11-22(12-10-21)23-13-15-30-25(32)17-23)31-16-14-28(34-26(31)33,18-27(2,3)19-29)24-7-5-4-6-8-24/h4-13,15,17,20H,14,16,18H2,1-3H3,(H,30,32)/t20-,28?/m0/s1. The van der Waals surface area contributed by atoms with Gasteiger partial charge in [-0.1, -0.05) is 54.6 Å². The zero-order valence-electron chi connectivity index (χ0n) is 19.7. The number of nitriles is 1. The van der Waals surface area contributed by atoms with Crippen molar-refractivity contribution in [1.82, 2.24) is 9.88 Å². The number of pyridine rings is 1. The van der Waals surface area contributed by atoms with Crippen molar-refractivity contribution in [3.8, 4) is 17.2 Å². The average Bonchev–Trinajstić information content (AvgIpc) is 2.84. The van der Waals surface area contributed by atoms with E-state index in [0.29, 0.717) is 19.4 Å². The highest BCUT2D eigenvalue weighted by molar-refractivity contribution is 5.70. The molecule has 2 aromatic carbocycles. The van der Waals surface area contributed by atoms with Gasteiger partial charge in [-0.15, -0.1) is 0 Å². The lowest BCUT2D eigenvalue weighted by atomic mass is 9.75. The van der Waals surface area contributed by atoms with Crippen molar-refractivity contribution < 1.29 is 9.53 Å². The Morgan fingerprint density at radius 1 is 1.09 bits per heavy atom. The van der Waals surface area contributed by atoms with E-state index in [0.717, 1.165) is 22.3 Å². The Bertz CT molecular complexity index is 1260. The van der Waals surface area contributed by atoms with Crippen molar-refractivity contribution in [3.05, 3.63) is 94.4 Å². The highest BCUT2D eigenvalue weighted by atomic mass is 16.6. The number of carbonyl (C=O) groups excluding carboxylic acids is 1. The third kappa shape index (κ3) is 4.74. The summed E-state index contributed by atoms with van der Waals surface area (Å²) in [5, 5.41) is 9.64. The van der Waals surface area contributed by atoms with Crippen molar-refractivity contribution in [2.75, 3.05) is 6.54 Å². The predicted octanol–water partition coefficient (Wildman–Crippen LogP) is 5.78. The lowest BCUT2D eigenvalue weighted by molar-refractivity contribution is -0.0770. The second kappa shape index (κ2) is 9.18. The first kappa shape index (κ1) is 23.3. The number of carbonyl (C=O) groups is 1. The number of cyclic esters (lactones) is 1. The molecular formula is C28H29N3O3. The van der Waals surface area contributed by atoms with E-state index in [4.69, 9.17) is 4.74 Å². The number of hydrogen-bond donors (Lipinski definition) is 1. The van der Waals surface area contributed by atoms with Crippen LogP contribution < -0.4 is 5.56 Å². The molecule has 1 amide bonds. The first-order chi connectivity index (χ1) is 16.2. The highest BCUT2D eigenvalue weighted by Crippen LogP contribution is 2.44. The summed E-state index contributed by atoms with van der Waals surface area (Å²) in [7, 11) is 0. The number of amides is 1. The molecule has 0 saturated carbocycles. The largest absolute Gasteiger partial charge is 0.438 e. The molecule has 1 aromatic heterocycles. The van der Waals surface area contributed by atoms with E-state index < -0.39 is 11.0 Å². The molecule has 1 aliphatic rings. The maximum atomic E-state index is 13.3. The van der Waals surface area contributed by atoms with Crippen molar-refractivity contribution in [2.45, 2.75) is 45.3 Å². The van der Waals surface area contributed by atoms with Gasteiger partial charge in [0.15, 0.2) is 0 Å². The van der Waals surface area contributed by atoms with Gasteiger partial charge in [-0.25, -0.2) is 4.79 Å². The van der Waals surface area contributed by atoms with Crippen LogP contribution in [-0.2, 0) is 10.3 Å². The Kier molecular flexibility index (Phi) is 6.30. The van der Waals surface area contributed by atoms with Gasteiger partial charge in [0, 0.05) is 31.6 Å². The smallest absolute Gasteiger partial charge is 0.411 e. The molecule has 6 heteroatoms. The number of H-pyrrole nitrogens is 1. The Morgan fingerprint density at radius 3 is 2.41 bits per heavy atom. The van der Waals surface area contributed by atoms with Crippen LogP contribution in [0.2, 0.25) is 0 Å². The number of nitrogens with one attached hydrogen (secondary N) is 1. The molecule has 1 unspecified atom stereocenters. The van der Waals surface area contributed by atoms with Gasteiger partial charge in [0.25, 0.3) is 0 Å². The Hall–Kier alpha value is -3.85. The fourth-order valence-corrected chi connectivity index (χ4v) is 4.70. The van der Waals surface area contributed by atoms with E-state index in [-0.39, 0.29) is 17.7 Å². The molecule has 2 atom stereocenters. The van der Waals surface area contributed by atoms with Gasteiger partial charge in [-0.05, 0) is 49.1 Å². The fourth-order valence-electron chi connectivity index (χ4n) is 4.70. The zero-order valence-corrected chi connectivity index (χ0v) is 19.7. The van der Waals surface area contributed by atoms with Gasteiger partial charge in [0.1, 0.15) is 5.60 Å². The second-order valence-corrected chi connectivity index (χ2v) is 9.58.